The fourth-order valence-corrected chi connectivity index (χ4v) is 3.32. The molecule has 1 heterocycles. The van der Waals surface area contributed by atoms with Gasteiger partial charge in [-0.2, -0.15) is 0 Å². The van der Waals surface area contributed by atoms with E-state index in [1.165, 1.54) is 18.2 Å². The molecule has 0 saturated carbocycles. The van der Waals surface area contributed by atoms with Crippen molar-refractivity contribution >= 4 is 22.0 Å². The molecule has 2 N–H and O–H groups in total. The molecule has 0 fully saturated rings. The Labute approximate surface area is 154 Å². The molecule has 0 saturated heterocycles. The van der Waals surface area contributed by atoms with Crippen molar-refractivity contribution < 1.29 is 13.2 Å². The van der Waals surface area contributed by atoms with E-state index in [0.717, 1.165) is 23.4 Å². The number of aromatic nitrogens is 1. The molecule has 0 aliphatic carbocycles. The minimum atomic E-state index is -3.47. The van der Waals surface area contributed by atoms with Crippen LogP contribution in [0.4, 0.5) is 0 Å². The minimum absolute atomic E-state index is 0.207. The molecular weight excluding hydrogens is 350 g/mol. The van der Waals surface area contributed by atoms with Crippen LogP contribution in [0.2, 0.25) is 0 Å². The number of aryl methyl sites for hydroxylation is 1. The Morgan fingerprint density at radius 2 is 1.88 bits per heavy atom. The number of carbonyl (C=O) groups excluding carboxylic acids is 1. The number of pyridine rings is 1. The summed E-state index contributed by atoms with van der Waals surface area (Å²) in [7, 11) is -3.47. The number of nitrogens with zero attached hydrogens (tertiary/aromatic N) is 1. The van der Waals surface area contributed by atoms with Crippen LogP contribution in [0.3, 0.4) is 0 Å². The summed E-state index contributed by atoms with van der Waals surface area (Å²) in [6.45, 7) is 4.55. The van der Waals surface area contributed by atoms with E-state index in [9.17, 15) is 13.2 Å². The lowest BCUT2D eigenvalue weighted by molar-refractivity contribution is -0.116. The Balaban J connectivity index is 1.92. The number of hydrogen-bond donors (Lipinski definition) is 2. The summed E-state index contributed by atoms with van der Waals surface area (Å²) in [4.78, 5) is 16.4. The van der Waals surface area contributed by atoms with Crippen molar-refractivity contribution in [1.82, 2.24) is 15.0 Å². The first-order chi connectivity index (χ1) is 12.4. The molecule has 0 atom stereocenters. The number of nitrogens with one attached hydrogen (secondary N) is 2. The minimum Gasteiger partial charge on any atom is -0.347 e. The van der Waals surface area contributed by atoms with E-state index in [1.807, 2.05) is 32.0 Å². The molecule has 6 nitrogen and oxygen atoms in total. The van der Waals surface area contributed by atoms with Crippen molar-refractivity contribution in [3.05, 3.63) is 65.5 Å². The third-order valence-corrected chi connectivity index (χ3v) is 5.03. The predicted octanol–water partition coefficient (Wildman–Crippen LogP) is 2.41. The molecule has 1 amide bonds. The zero-order valence-corrected chi connectivity index (χ0v) is 15.7. The van der Waals surface area contributed by atoms with Gasteiger partial charge < -0.3 is 5.32 Å². The Kier molecular flexibility index (Phi) is 7.06. The van der Waals surface area contributed by atoms with Crippen LogP contribution in [-0.4, -0.2) is 25.9 Å². The van der Waals surface area contributed by atoms with Crippen LogP contribution < -0.4 is 10.0 Å². The highest BCUT2D eigenvalue weighted by atomic mass is 32.2. The topological polar surface area (TPSA) is 88.2 Å². The van der Waals surface area contributed by atoms with Gasteiger partial charge >= 0.3 is 0 Å². The summed E-state index contributed by atoms with van der Waals surface area (Å²) in [5, 5.41) is 2.76. The monoisotopic (exact) mass is 373 g/mol. The highest BCUT2D eigenvalue weighted by molar-refractivity contribution is 7.89. The van der Waals surface area contributed by atoms with Crippen molar-refractivity contribution in [1.29, 1.82) is 0 Å². The summed E-state index contributed by atoms with van der Waals surface area (Å²) < 4.78 is 26.5. The van der Waals surface area contributed by atoms with Gasteiger partial charge in [0, 0.05) is 18.3 Å². The Bertz CT molecular complexity index is 875. The van der Waals surface area contributed by atoms with Crippen molar-refractivity contribution in [3.63, 3.8) is 0 Å². The quantitative estimate of drug-likeness (QED) is 0.696. The van der Waals surface area contributed by atoms with E-state index >= 15 is 0 Å². The molecule has 1 aromatic carbocycles. The predicted molar refractivity (Wildman–Crippen MR) is 102 cm³/mol. The van der Waals surface area contributed by atoms with Crippen LogP contribution >= 0.6 is 0 Å². The second kappa shape index (κ2) is 9.26. The van der Waals surface area contributed by atoms with Gasteiger partial charge in [0.1, 0.15) is 0 Å². The van der Waals surface area contributed by atoms with Gasteiger partial charge in [-0.1, -0.05) is 25.1 Å². The van der Waals surface area contributed by atoms with Gasteiger partial charge in [0.2, 0.25) is 15.9 Å². The smallest absolute Gasteiger partial charge is 0.244 e. The zero-order valence-electron chi connectivity index (χ0n) is 14.9. The maximum absolute atomic E-state index is 12.0. The lowest BCUT2D eigenvalue weighted by Crippen LogP contribution is -2.24. The van der Waals surface area contributed by atoms with Gasteiger partial charge in [-0.3, -0.25) is 9.78 Å². The molecule has 7 heteroatoms. The lowest BCUT2D eigenvalue weighted by atomic mass is 10.2. The van der Waals surface area contributed by atoms with Crippen LogP contribution in [0.5, 0.6) is 0 Å². The molecule has 0 radical (unpaired) electrons. The molecule has 0 aliphatic rings. The normalized spacial score (nSPS) is 11.6. The van der Waals surface area contributed by atoms with E-state index < -0.39 is 10.0 Å². The molecule has 2 rings (SSSR count). The second-order valence-corrected chi connectivity index (χ2v) is 7.56. The van der Waals surface area contributed by atoms with Crippen molar-refractivity contribution in [3.8, 4) is 0 Å². The number of carbonyl (C=O) groups is 1. The van der Waals surface area contributed by atoms with Gasteiger partial charge in [0.05, 0.1) is 17.1 Å². The van der Waals surface area contributed by atoms with E-state index in [2.05, 4.69) is 15.0 Å². The average Bonchev–Trinajstić information content (AvgIpc) is 2.63. The number of benzene rings is 1. The molecule has 0 spiro atoms. The fraction of sp³-hybridized carbons (Fsp3) is 0.263. The van der Waals surface area contributed by atoms with Gasteiger partial charge in [-0.15, -0.1) is 0 Å². The first-order valence-electron chi connectivity index (χ1n) is 8.39. The maximum Gasteiger partial charge on any atom is 0.244 e. The average molecular weight is 373 g/mol. The Morgan fingerprint density at radius 3 is 2.54 bits per heavy atom. The van der Waals surface area contributed by atoms with Gasteiger partial charge in [0.25, 0.3) is 0 Å². The number of hydrogen-bond acceptors (Lipinski definition) is 4. The van der Waals surface area contributed by atoms with Gasteiger partial charge in [0.15, 0.2) is 0 Å². The molecule has 2 aromatic rings. The van der Waals surface area contributed by atoms with Crippen molar-refractivity contribution in [2.75, 3.05) is 6.54 Å². The zero-order chi connectivity index (χ0) is 19.0. The van der Waals surface area contributed by atoms with E-state index in [0.29, 0.717) is 13.1 Å². The molecule has 0 unspecified atom stereocenters. The highest BCUT2D eigenvalue weighted by Crippen LogP contribution is 2.11. The maximum atomic E-state index is 12.0. The van der Waals surface area contributed by atoms with E-state index in [4.69, 9.17) is 0 Å². The summed E-state index contributed by atoms with van der Waals surface area (Å²) >= 11 is 0. The van der Waals surface area contributed by atoms with Crippen LogP contribution in [-0.2, 0) is 21.4 Å². The molecule has 138 valence electrons. The number of rotatable bonds is 8. The Morgan fingerprint density at radius 1 is 1.15 bits per heavy atom. The first kappa shape index (κ1) is 19.8. The third-order valence-electron chi connectivity index (χ3n) is 3.55. The van der Waals surface area contributed by atoms with Crippen molar-refractivity contribution in [2.24, 2.45) is 0 Å². The molecule has 0 aliphatic heterocycles. The summed E-state index contributed by atoms with van der Waals surface area (Å²) in [5.41, 5.74) is 2.43. The molecular formula is C19H23N3O3S. The largest absolute Gasteiger partial charge is 0.347 e. The van der Waals surface area contributed by atoms with E-state index in [1.54, 1.807) is 18.2 Å². The number of amides is 1. The number of sulfonamides is 1. The van der Waals surface area contributed by atoms with E-state index in [-0.39, 0.29) is 10.8 Å². The van der Waals surface area contributed by atoms with Gasteiger partial charge in [-0.25, -0.2) is 13.1 Å². The fourth-order valence-electron chi connectivity index (χ4n) is 2.18. The summed E-state index contributed by atoms with van der Waals surface area (Å²) in [6.07, 6.45) is 3.77. The first-order valence-corrected chi connectivity index (χ1v) is 9.87. The van der Waals surface area contributed by atoms with Crippen LogP contribution in [0, 0.1) is 6.92 Å². The SMILES string of the molecule is CCCNS(=O)(=O)c1ccc(/C=C/C(=O)NCc2cccc(C)n2)cc1. The highest BCUT2D eigenvalue weighted by Gasteiger charge is 2.12. The summed E-state index contributed by atoms with van der Waals surface area (Å²) in [5.74, 6) is -0.241. The van der Waals surface area contributed by atoms with Crippen LogP contribution in [0.25, 0.3) is 6.08 Å². The van der Waals surface area contributed by atoms with Crippen LogP contribution in [0.15, 0.2) is 53.4 Å². The molecule has 0 bridgehead atoms. The Hall–Kier alpha value is -2.51. The third kappa shape index (κ3) is 6.09. The molecule has 26 heavy (non-hydrogen) atoms. The van der Waals surface area contributed by atoms with Crippen LogP contribution in [0.1, 0.15) is 30.3 Å². The molecule has 1 aromatic heterocycles. The lowest BCUT2D eigenvalue weighted by Gasteiger charge is -2.05. The van der Waals surface area contributed by atoms with Crippen molar-refractivity contribution in [2.45, 2.75) is 31.7 Å². The second-order valence-electron chi connectivity index (χ2n) is 5.79. The van der Waals surface area contributed by atoms with Gasteiger partial charge in [-0.05, 0) is 49.2 Å². The summed E-state index contributed by atoms with van der Waals surface area (Å²) in [6, 6.07) is 12.0. The standard InChI is InChI=1S/C19H23N3O3S/c1-3-13-21-26(24,25)18-10-7-16(8-11-18)9-12-19(23)20-14-17-6-4-5-15(2)22-17/h4-12,21H,3,13-14H2,1-2H3,(H,20,23)/b12-9+.